The quantitative estimate of drug-likeness (QED) is 0.491. The summed E-state index contributed by atoms with van der Waals surface area (Å²) in [7, 11) is 1.64. The molecule has 0 unspecified atom stereocenters. The number of hydrogen-bond acceptors (Lipinski definition) is 5. The smallest absolute Gasteiger partial charge is 0.286 e. The van der Waals surface area contributed by atoms with Crippen molar-refractivity contribution in [3.05, 3.63) is 68.0 Å². The van der Waals surface area contributed by atoms with E-state index in [1.165, 1.54) is 17.0 Å². The molecule has 0 saturated carbocycles. The van der Waals surface area contributed by atoms with Crippen LogP contribution < -0.4 is 10.3 Å². The van der Waals surface area contributed by atoms with Crippen molar-refractivity contribution in [2.45, 2.75) is 0 Å². The van der Waals surface area contributed by atoms with Crippen molar-refractivity contribution in [3.63, 3.8) is 0 Å². The van der Waals surface area contributed by atoms with Crippen molar-refractivity contribution in [1.82, 2.24) is 10.4 Å². The number of anilines is 1. The zero-order valence-corrected chi connectivity index (χ0v) is 18.7. The van der Waals surface area contributed by atoms with E-state index in [1.54, 1.807) is 31.3 Å². The molecule has 1 N–H and O–H groups in total. The molecule has 0 aromatic heterocycles. The van der Waals surface area contributed by atoms with Gasteiger partial charge in [-0.15, -0.1) is 0 Å². The van der Waals surface area contributed by atoms with Gasteiger partial charge in [-0.1, -0.05) is 39.3 Å². The molecule has 2 heterocycles. The molecule has 0 bridgehead atoms. The van der Waals surface area contributed by atoms with Gasteiger partial charge in [-0.25, -0.2) is 0 Å². The van der Waals surface area contributed by atoms with E-state index in [0.717, 1.165) is 21.2 Å². The normalized spacial score (nSPS) is 18.5. The third-order valence-electron chi connectivity index (χ3n) is 4.42. The van der Waals surface area contributed by atoms with Gasteiger partial charge in [0, 0.05) is 27.7 Å². The number of nitrogens with zero attached hydrogens (tertiary/aromatic N) is 2. The number of thioether (sulfide) groups is 1. The number of benzene rings is 2. The molecule has 29 heavy (non-hydrogen) atoms. The Kier molecular flexibility index (Phi) is 5.24. The van der Waals surface area contributed by atoms with Gasteiger partial charge in [-0.05, 0) is 54.7 Å². The molecule has 0 radical (unpaired) electrons. The van der Waals surface area contributed by atoms with Gasteiger partial charge in [0.05, 0.1) is 16.2 Å². The first kappa shape index (κ1) is 20.1. The lowest BCUT2D eigenvalue weighted by molar-refractivity contribution is -0.124. The number of nitrogens with one attached hydrogen (secondary N) is 1. The maximum absolute atomic E-state index is 13.0. The zero-order chi connectivity index (χ0) is 20.9. The number of hydrazine groups is 1. The Labute approximate surface area is 189 Å². The number of amides is 3. The third kappa shape index (κ3) is 3.48. The molecule has 1 fully saturated rings. The van der Waals surface area contributed by atoms with Crippen molar-refractivity contribution in [3.8, 4) is 0 Å². The molecule has 0 atom stereocenters. The first-order valence-corrected chi connectivity index (χ1v) is 10.6. The highest BCUT2D eigenvalue weighted by Gasteiger charge is 2.42. The fourth-order valence-corrected chi connectivity index (χ4v) is 4.73. The molecule has 0 aliphatic carbocycles. The molecule has 2 aromatic rings. The largest absolute Gasteiger partial charge is 0.311 e. The van der Waals surface area contributed by atoms with Gasteiger partial charge in [-0.2, -0.15) is 5.01 Å². The summed E-state index contributed by atoms with van der Waals surface area (Å²) in [4.78, 5) is 40.0. The summed E-state index contributed by atoms with van der Waals surface area (Å²) in [6.07, 6.45) is 0. The Morgan fingerprint density at radius 3 is 2.52 bits per heavy atom. The van der Waals surface area contributed by atoms with E-state index in [9.17, 15) is 14.4 Å². The predicted molar refractivity (Wildman–Crippen MR) is 120 cm³/mol. The van der Waals surface area contributed by atoms with Crippen LogP contribution in [0.15, 0.2) is 51.8 Å². The summed E-state index contributed by atoms with van der Waals surface area (Å²) in [5.41, 5.74) is 4.42. The predicted octanol–water partition coefficient (Wildman–Crippen LogP) is 4.00. The number of hydrogen-bond donors (Lipinski definition) is 1. The minimum absolute atomic E-state index is 0.138. The van der Waals surface area contributed by atoms with Crippen LogP contribution in [0.3, 0.4) is 0 Å². The number of carbonyl (C=O) groups excluding carboxylic acids is 3. The van der Waals surface area contributed by atoms with E-state index in [0.29, 0.717) is 21.8 Å². The Morgan fingerprint density at radius 2 is 1.83 bits per heavy atom. The molecular formula is C19H11BrClN3O3S2. The SMILES string of the molecule is CN1C(=O)/C(=C2\SC(=S)N(NC(=O)c3ccc(Cl)cc3)C2=O)c2cc(Br)ccc21. The summed E-state index contributed by atoms with van der Waals surface area (Å²) in [5, 5.41) is 1.48. The Hall–Kier alpha value is -2.20. The lowest BCUT2D eigenvalue weighted by Gasteiger charge is -2.15. The van der Waals surface area contributed by atoms with Gasteiger partial charge >= 0.3 is 0 Å². The highest BCUT2D eigenvalue weighted by Crippen LogP contribution is 2.44. The lowest BCUT2D eigenvalue weighted by atomic mass is 10.1. The fourth-order valence-electron chi connectivity index (χ4n) is 3.00. The average molecular weight is 509 g/mol. The van der Waals surface area contributed by atoms with Crippen molar-refractivity contribution in [2.24, 2.45) is 0 Å². The summed E-state index contributed by atoms with van der Waals surface area (Å²) in [6.45, 7) is 0. The highest BCUT2D eigenvalue weighted by molar-refractivity contribution is 9.10. The summed E-state index contributed by atoms with van der Waals surface area (Å²) in [5.74, 6) is -1.36. The minimum atomic E-state index is -0.549. The molecule has 4 rings (SSSR count). The molecular weight excluding hydrogens is 498 g/mol. The monoisotopic (exact) mass is 507 g/mol. The topological polar surface area (TPSA) is 69.7 Å². The standard InChI is InChI=1S/C19H11BrClN3O3S2/c1-23-13-7-4-10(20)8-12(13)14(17(23)26)15-18(27)24(19(28)29-15)22-16(25)9-2-5-11(21)6-3-9/h2-8H,1H3,(H,22,25)/b15-14-. The second-order valence-corrected chi connectivity index (χ2v) is 9.18. The first-order chi connectivity index (χ1) is 13.8. The molecule has 146 valence electrons. The van der Waals surface area contributed by atoms with Crippen molar-refractivity contribution in [1.29, 1.82) is 0 Å². The van der Waals surface area contributed by atoms with Gasteiger partial charge in [0.2, 0.25) is 0 Å². The third-order valence-corrected chi connectivity index (χ3v) is 6.54. The van der Waals surface area contributed by atoms with Gasteiger partial charge < -0.3 is 4.90 Å². The van der Waals surface area contributed by atoms with Crippen LogP contribution in [0.4, 0.5) is 5.69 Å². The van der Waals surface area contributed by atoms with Crippen molar-refractivity contribution >= 4 is 84.8 Å². The number of thiocarbonyl (C=S) groups is 1. The molecule has 2 aliphatic heterocycles. The van der Waals surface area contributed by atoms with Crippen LogP contribution in [0.25, 0.3) is 5.57 Å². The lowest BCUT2D eigenvalue weighted by Crippen LogP contribution is -2.45. The summed E-state index contributed by atoms with van der Waals surface area (Å²) >= 11 is 15.5. The van der Waals surface area contributed by atoms with E-state index in [2.05, 4.69) is 21.4 Å². The fraction of sp³-hybridized carbons (Fsp3) is 0.0526. The maximum Gasteiger partial charge on any atom is 0.286 e. The number of halogens is 2. The number of likely N-dealkylation sites (N-methyl/N-ethyl adjacent to an activating group) is 1. The Balaban J connectivity index is 1.68. The second-order valence-electron chi connectivity index (χ2n) is 6.19. The Morgan fingerprint density at radius 1 is 1.14 bits per heavy atom. The van der Waals surface area contributed by atoms with Crippen LogP contribution in [0, 0.1) is 0 Å². The molecule has 0 spiro atoms. The molecule has 2 aromatic carbocycles. The summed E-state index contributed by atoms with van der Waals surface area (Å²) < 4.78 is 0.919. The maximum atomic E-state index is 13.0. The molecule has 3 amide bonds. The average Bonchev–Trinajstić information content (AvgIpc) is 3.09. The van der Waals surface area contributed by atoms with Gasteiger partial charge in [0.15, 0.2) is 4.32 Å². The van der Waals surface area contributed by atoms with E-state index in [-0.39, 0.29) is 20.7 Å². The second kappa shape index (κ2) is 7.56. The van der Waals surface area contributed by atoms with E-state index < -0.39 is 11.8 Å². The van der Waals surface area contributed by atoms with Gasteiger partial charge in [0.1, 0.15) is 0 Å². The van der Waals surface area contributed by atoms with Gasteiger partial charge in [0.25, 0.3) is 17.7 Å². The van der Waals surface area contributed by atoms with Crippen molar-refractivity contribution in [2.75, 3.05) is 11.9 Å². The first-order valence-electron chi connectivity index (χ1n) is 8.23. The van der Waals surface area contributed by atoms with Crippen molar-refractivity contribution < 1.29 is 14.4 Å². The molecule has 2 aliphatic rings. The van der Waals surface area contributed by atoms with Crippen LogP contribution in [0.2, 0.25) is 5.02 Å². The van der Waals surface area contributed by atoms with E-state index in [1.807, 2.05) is 6.07 Å². The molecule has 10 heteroatoms. The van der Waals surface area contributed by atoms with E-state index in [4.69, 9.17) is 23.8 Å². The number of rotatable bonds is 2. The van der Waals surface area contributed by atoms with Crippen LogP contribution in [-0.4, -0.2) is 34.1 Å². The molecule has 6 nitrogen and oxygen atoms in total. The van der Waals surface area contributed by atoms with Crippen LogP contribution in [0.5, 0.6) is 0 Å². The summed E-state index contributed by atoms with van der Waals surface area (Å²) in [6, 6.07) is 11.6. The highest BCUT2D eigenvalue weighted by atomic mass is 79.9. The number of fused-ring (bicyclic) bond motifs is 1. The van der Waals surface area contributed by atoms with Crippen LogP contribution >= 0.6 is 51.5 Å². The van der Waals surface area contributed by atoms with Gasteiger partial charge in [-0.3, -0.25) is 19.8 Å². The van der Waals surface area contributed by atoms with E-state index >= 15 is 0 Å². The number of carbonyl (C=O) groups is 3. The zero-order valence-electron chi connectivity index (χ0n) is 14.7. The van der Waals surface area contributed by atoms with Crippen LogP contribution in [-0.2, 0) is 9.59 Å². The molecule has 1 saturated heterocycles. The Bertz CT molecular complexity index is 1130. The van der Waals surface area contributed by atoms with Crippen LogP contribution in [0.1, 0.15) is 15.9 Å². The minimum Gasteiger partial charge on any atom is -0.311 e.